The molecule has 0 spiro atoms. The van der Waals surface area contributed by atoms with Crippen LogP contribution in [0.1, 0.15) is 31.7 Å². The fourth-order valence-corrected chi connectivity index (χ4v) is 3.18. The molecule has 0 amide bonds. The van der Waals surface area contributed by atoms with Crippen molar-refractivity contribution in [3.8, 4) is 5.88 Å². The Hall–Kier alpha value is -1.79. The number of nitrogens with one attached hydrogen (secondary N) is 1. The van der Waals surface area contributed by atoms with Gasteiger partial charge in [0.2, 0.25) is 5.88 Å². The zero-order valence-corrected chi connectivity index (χ0v) is 13.4. The first-order valence-corrected chi connectivity index (χ1v) is 7.98. The van der Waals surface area contributed by atoms with Crippen molar-refractivity contribution in [1.29, 1.82) is 0 Å². The molecule has 3 rings (SSSR count). The molecule has 0 bridgehead atoms. The maximum absolute atomic E-state index is 14.3. The Balaban J connectivity index is 1.83. The second-order valence-corrected chi connectivity index (χ2v) is 6.28. The summed E-state index contributed by atoms with van der Waals surface area (Å²) in [5.41, 5.74) is 1.58. The van der Waals surface area contributed by atoms with E-state index in [-0.39, 0.29) is 11.9 Å². The highest BCUT2D eigenvalue weighted by Crippen LogP contribution is 2.25. The van der Waals surface area contributed by atoms with Crippen LogP contribution in [-0.2, 0) is 6.54 Å². The van der Waals surface area contributed by atoms with E-state index in [1.807, 2.05) is 0 Å². The normalized spacial score (nSPS) is 24.8. The van der Waals surface area contributed by atoms with Crippen molar-refractivity contribution in [3.63, 3.8) is 0 Å². The first-order chi connectivity index (χ1) is 11.1. The van der Waals surface area contributed by atoms with Crippen LogP contribution in [-0.4, -0.2) is 34.3 Å². The number of nitrogens with zero attached hydrogens (tertiary/aromatic N) is 2. The number of methoxy groups -OCH3 is 1. The molecule has 1 fully saturated rings. The zero-order chi connectivity index (χ0) is 16.4. The molecule has 3 atom stereocenters. The van der Waals surface area contributed by atoms with Crippen molar-refractivity contribution in [1.82, 2.24) is 15.3 Å². The molecule has 2 aromatic rings. The second-order valence-electron chi connectivity index (χ2n) is 6.28. The van der Waals surface area contributed by atoms with Crippen LogP contribution in [0.5, 0.6) is 5.88 Å². The van der Waals surface area contributed by atoms with Crippen molar-refractivity contribution >= 4 is 11.0 Å². The first-order valence-electron chi connectivity index (χ1n) is 7.98. The van der Waals surface area contributed by atoms with Crippen LogP contribution in [0.15, 0.2) is 18.3 Å². The monoisotopic (exact) mass is 319 g/mol. The second kappa shape index (κ2) is 6.76. The average molecular weight is 319 g/mol. The van der Waals surface area contributed by atoms with Gasteiger partial charge in [-0.1, -0.05) is 6.92 Å². The van der Waals surface area contributed by atoms with Gasteiger partial charge in [-0.25, -0.2) is 14.4 Å². The van der Waals surface area contributed by atoms with Crippen molar-refractivity contribution in [2.24, 2.45) is 5.92 Å². The van der Waals surface area contributed by atoms with Crippen LogP contribution in [0.4, 0.5) is 4.39 Å². The van der Waals surface area contributed by atoms with E-state index in [9.17, 15) is 9.50 Å². The van der Waals surface area contributed by atoms with Crippen molar-refractivity contribution in [3.05, 3.63) is 29.7 Å². The maximum atomic E-state index is 14.3. The molecule has 0 aliphatic heterocycles. The number of ether oxygens (including phenoxy) is 1. The summed E-state index contributed by atoms with van der Waals surface area (Å²) in [6.45, 7) is 2.45. The summed E-state index contributed by atoms with van der Waals surface area (Å²) in [6.07, 6.45) is 3.87. The molecule has 1 aromatic heterocycles. The molecule has 1 aliphatic carbocycles. The molecule has 2 N–H and O–H groups in total. The highest BCUT2D eigenvalue weighted by Gasteiger charge is 2.27. The van der Waals surface area contributed by atoms with E-state index in [1.54, 1.807) is 6.07 Å². The highest BCUT2D eigenvalue weighted by molar-refractivity contribution is 5.78. The lowest BCUT2D eigenvalue weighted by Crippen LogP contribution is -2.43. The fourth-order valence-electron chi connectivity index (χ4n) is 3.18. The molecular formula is C17H22FN3O2. The van der Waals surface area contributed by atoms with Gasteiger partial charge in [0.15, 0.2) is 0 Å². The fraction of sp³-hybridized carbons (Fsp3) is 0.529. The number of aliphatic hydroxyl groups excluding tert-OH is 1. The smallest absolute Gasteiger partial charge is 0.232 e. The van der Waals surface area contributed by atoms with E-state index in [0.717, 1.165) is 19.3 Å². The predicted molar refractivity (Wildman–Crippen MR) is 85.7 cm³/mol. The Morgan fingerprint density at radius 3 is 2.96 bits per heavy atom. The number of aliphatic hydroxyl groups is 1. The maximum Gasteiger partial charge on any atom is 0.232 e. The standard InChI is InChI=1S/C17H22FN3O2/c1-10-3-5-13(15(22)7-10)19-8-11-12(18)4-6-14-17(11)21-16(23-2)9-20-14/h4,6,9-10,13,15,19,22H,3,5,7-8H2,1-2H3/t10-,13-,15+/m0/s1. The third-order valence-corrected chi connectivity index (χ3v) is 4.57. The minimum Gasteiger partial charge on any atom is -0.480 e. The Kier molecular flexibility index (Phi) is 4.73. The summed E-state index contributed by atoms with van der Waals surface area (Å²) in [5, 5.41) is 13.5. The summed E-state index contributed by atoms with van der Waals surface area (Å²) in [7, 11) is 1.51. The number of rotatable bonds is 4. The van der Waals surface area contributed by atoms with Crippen molar-refractivity contribution < 1.29 is 14.2 Å². The van der Waals surface area contributed by atoms with Crippen LogP contribution < -0.4 is 10.1 Å². The molecule has 1 aromatic carbocycles. The van der Waals surface area contributed by atoms with Crippen molar-refractivity contribution in [2.75, 3.05) is 7.11 Å². The number of benzene rings is 1. The first kappa shape index (κ1) is 16.1. The Labute approximate surface area is 134 Å². The summed E-state index contributed by atoms with van der Waals surface area (Å²) < 4.78 is 19.3. The van der Waals surface area contributed by atoms with Gasteiger partial charge in [0.05, 0.1) is 24.9 Å². The van der Waals surface area contributed by atoms with E-state index < -0.39 is 6.10 Å². The Morgan fingerprint density at radius 1 is 1.39 bits per heavy atom. The molecule has 124 valence electrons. The van der Waals surface area contributed by atoms with Crippen LogP contribution in [0.2, 0.25) is 0 Å². The molecule has 1 heterocycles. The van der Waals surface area contributed by atoms with Gasteiger partial charge < -0.3 is 15.2 Å². The summed E-state index contributed by atoms with van der Waals surface area (Å²) in [4.78, 5) is 8.56. The number of fused-ring (bicyclic) bond motifs is 1. The number of halogens is 1. The van der Waals surface area contributed by atoms with Gasteiger partial charge in [0, 0.05) is 18.2 Å². The van der Waals surface area contributed by atoms with Crippen LogP contribution in [0.3, 0.4) is 0 Å². The lowest BCUT2D eigenvalue weighted by atomic mass is 9.85. The van der Waals surface area contributed by atoms with Crippen LogP contribution >= 0.6 is 0 Å². The number of aromatic nitrogens is 2. The van der Waals surface area contributed by atoms with E-state index >= 15 is 0 Å². The molecular weight excluding hydrogens is 297 g/mol. The van der Waals surface area contributed by atoms with E-state index in [0.29, 0.717) is 34.9 Å². The highest BCUT2D eigenvalue weighted by atomic mass is 19.1. The molecule has 0 saturated heterocycles. The summed E-state index contributed by atoms with van der Waals surface area (Å²) in [6, 6.07) is 3.00. The Morgan fingerprint density at radius 2 is 2.22 bits per heavy atom. The lowest BCUT2D eigenvalue weighted by Gasteiger charge is -2.32. The molecule has 0 radical (unpaired) electrons. The van der Waals surface area contributed by atoms with Gasteiger partial charge in [0.1, 0.15) is 11.3 Å². The number of hydrogen-bond acceptors (Lipinski definition) is 5. The average Bonchev–Trinajstić information content (AvgIpc) is 2.55. The minimum atomic E-state index is -0.391. The van der Waals surface area contributed by atoms with Gasteiger partial charge in [0.25, 0.3) is 0 Å². The van der Waals surface area contributed by atoms with Gasteiger partial charge in [-0.05, 0) is 37.3 Å². The molecule has 6 heteroatoms. The predicted octanol–water partition coefficient (Wildman–Crippen LogP) is 2.42. The SMILES string of the molecule is COc1cnc2ccc(F)c(CN[C@H]3CC[C@H](C)C[C@H]3O)c2n1. The van der Waals surface area contributed by atoms with Crippen molar-refractivity contribution in [2.45, 2.75) is 44.9 Å². The molecule has 0 unspecified atom stereocenters. The number of hydrogen-bond donors (Lipinski definition) is 2. The molecule has 1 aliphatic rings. The molecule has 5 nitrogen and oxygen atoms in total. The van der Waals surface area contributed by atoms with E-state index in [2.05, 4.69) is 22.2 Å². The summed E-state index contributed by atoms with van der Waals surface area (Å²) in [5.74, 6) is 0.564. The Bertz CT molecular complexity index is 695. The van der Waals surface area contributed by atoms with E-state index in [1.165, 1.54) is 19.4 Å². The van der Waals surface area contributed by atoms with Crippen LogP contribution in [0, 0.1) is 11.7 Å². The lowest BCUT2D eigenvalue weighted by molar-refractivity contribution is 0.0689. The van der Waals surface area contributed by atoms with E-state index in [4.69, 9.17) is 4.74 Å². The third kappa shape index (κ3) is 3.43. The zero-order valence-electron chi connectivity index (χ0n) is 13.4. The third-order valence-electron chi connectivity index (χ3n) is 4.57. The largest absolute Gasteiger partial charge is 0.480 e. The molecule has 23 heavy (non-hydrogen) atoms. The summed E-state index contributed by atoms with van der Waals surface area (Å²) >= 11 is 0. The van der Waals surface area contributed by atoms with Gasteiger partial charge in [-0.15, -0.1) is 0 Å². The molecule has 1 saturated carbocycles. The topological polar surface area (TPSA) is 67.3 Å². The van der Waals surface area contributed by atoms with Gasteiger partial charge >= 0.3 is 0 Å². The van der Waals surface area contributed by atoms with Gasteiger partial charge in [-0.2, -0.15) is 0 Å². The van der Waals surface area contributed by atoms with Crippen LogP contribution in [0.25, 0.3) is 11.0 Å². The minimum absolute atomic E-state index is 0.0144. The van der Waals surface area contributed by atoms with Gasteiger partial charge in [-0.3, -0.25) is 0 Å². The quantitative estimate of drug-likeness (QED) is 0.906.